The summed E-state index contributed by atoms with van der Waals surface area (Å²) >= 11 is 3.48. The van der Waals surface area contributed by atoms with E-state index in [0.717, 1.165) is 37.1 Å². The van der Waals surface area contributed by atoms with Crippen LogP contribution < -0.4 is 5.32 Å². The van der Waals surface area contributed by atoms with Crippen molar-refractivity contribution in [2.75, 3.05) is 5.33 Å². The molecule has 1 N–H and O–H groups in total. The average molecular weight is 303 g/mol. The van der Waals surface area contributed by atoms with Crippen LogP contribution in [-0.2, 0) is 13.1 Å². The number of halogens is 1. The first-order valence-electron chi connectivity index (χ1n) is 6.33. The highest BCUT2D eigenvalue weighted by Gasteiger charge is 2.09. The highest BCUT2D eigenvalue weighted by Crippen LogP contribution is 2.04. The number of hydrogen-bond donors (Lipinski definition) is 1. The molecule has 5 heteroatoms. The zero-order valence-corrected chi connectivity index (χ0v) is 12.6. The zero-order chi connectivity index (χ0) is 12.7. The molecule has 0 saturated heterocycles. The summed E-state index contributed by atoms with van der Waals surface area (Å²) in [5.74, 6) is 1.63. The SMILES string of the molecule is CCC(CCBr)NCc1ncnn1CC(C)C. The Bertz CT molecular complexity index is 311. The van der Waals surface area contributed by atoms with Crippen molar-refractivity contribution in [2.24, 2.45) is 5.92 Å². The molecule has 1 heterocycles. The number of aromatic nitrogens is 3. The van der Waals surface area contributed by atoms with Crippen LogP contribution in [0.5, 0.6) is 0 Å². The van der Waals surface area contributed by atoms with Crippen molar-refractivity contribution in [3.63, 3.8) is 0 Å². The van der Waals surface area contributed by atoms with Crippen molar-refractivity contribution in [1.29, 1.82) is 0 Å². The van der Waals surface area contributed by atoms with Crippen molar-refractivity contribution in [1.82, 2.24) is 20.1 Å². The van der Waals surface area contributed by atoms with Crippen LogP contribution >= 0.6 is 15.9 Å². The first-order valence-corrected chi connectivity index (χ1v) is 7.45. The van der Waals surface area contributed by atoms with Crippen LogP contribution in [-0.4, -0.2) is 26.1 Å². The first-order chi connectivity index (χ1) is 8.17. The van der Waals surface area contributed by atoms with Crippen LogP contribution in [0.25, 0.3) is 0 Å². The van der Waals surface area contributed by atoms with Crippen LogP contribution in [0.1, 0.15) is 39.4 Å². The van der Waals surface area contributed by atoms with E-state index in [0.29, 0.717) is 12.0 Å². The van der Waals surface area contributed by atoms with Crippen LogP contribution in [0.15, 0.2) is 6.33 Å². The maximum atomic E-state index is 4.31. The Balaban J connectivity index is 2.47. The molecular formula is C12H23BrN4. The van der Waals surface area contributed by atoms with Gasteiger partial charge in [-0.25, -0.2) is 9.67 Å². The number of alkyl halides is 1. The van der Waals surface area contributed by atoms with Gasteiger partial charge in [0, 0.05) is 17.9 Å². The molecule has 0 aliphatic carbocycles. The molecule has 4 nitrogen and oxygen atoms in total. The summed E-state index contributed by atoms with van der Waals surface area (Å²) in [7, 11) is 0. The summed E-state index contributed by atoms with van der Waals surface area (Å²) < 4.78 is 2.00. The molecule has 1 aromatic heterocycles. The maximum Gasteiger partial charge on any atom is 0.140 e. The van der Waals surface area contributed by atoms with Gasteiger partial charge in [0.05, 0.1) is 6.54 Å². The van der Waals surface area contributed by atoms with Crippen molar-refractivity contribution in [2.45, 2.75) is 52.7 Å². The molecule has 0 aromatic carbocycles. The normalized spacial score (nSPS) is 13.2. The number of hydrogen-bond acceptors (Lipinski definition) is 3. The average Bonchev–Trinajstić information content (AvgIpc) is 2.71. The van der Waals surface area contributed by atoms with E-state index >= 15 is 0 Å². The molecule has 1 rings (SSSR count). The first kappa shape index (κ1) is 14.6. The lowest BCUT2D eigenvalue weighted by Gasteiger charge is -2.16. The Morgan fingerprint density at radius 1 is 1.47 bits per heavy atom. The van der Waals surface area contributed by atoms with Crippen molar-refractivity contribution < 1.29 is 0 Å². The molecule has 1 unspecified atom stereocenters. The molecule has 98 valence electrons. The van der Waals surface area contributed by atoms with E-state index in [2.05, 4.69) is 52.1 Å². The van der Waals surface area contributed by atoms with E-state index in [1.54, 1.807) is 6.33 Å². The van der Waals surface area contributed by atoms with Crippen LogP contribution in [0.4, 0.5) is 0 Å². The monoisotopic (exact) mass is 302 g/mol. The Morgan fingerprint density at radius 2 is 2.24 bits per heavy atom. The molecule has 0 aliphatic heterocycles. The van der Waals surface area contributed by atoms with E-state index in [1.165, 1.54) is 0 Å². The Hall–Kier alpha value is -0.420. The predicted molar refractivity (Wildman–Crippen MR) is 74.2 cm³/mol. The third-order valence-electron chi connectivity index (χ3n) is 2.73. The van der Waals surface area contributed by atoms with Crippen molar-refractivity contribution in [3.05, 3.63) is 12.2 Å². The molecule has 0 aliphatic rings. The van der Waals surface area contributed by atoms with Gasteiger partial charge in [0.2, 0.25) is 0 Å². The quantitative estimate of drug-likeness (QED) is 0.751. The predicted octanol–water partition coefficient (Wildman–Crippen LogP) is 2.59. The molecule has 0 fully saturated rings. The summed E-state index contributed by atoms with van der Waals surface area (Å²) in [6.07, 6.45) is 3.93. The van der Waals surface area contributed by atoms with Gasteiger partial charge in [-0.05, 0) is 18.8 Å². The summed E-state index contributed by atoms with van der Waals surface area (Å²) in [5, 5.41) is 8.83. The molecule has 1 aromatic rings. The van der Waals surface area contributed by atoms with Gasteiger partial charge in [0.25, 0.3) is 0 Å². The molecule has 0 amide bonds. The number of rotatable bonds is 8. The molecule has 0 bridgehead atoms. The standard InChI is InChI=1S/C12H23BrN4/c1-4-11(5-6-13)14-7-12-15-9-16-17(12)8-10(2)3/h9-11,14H,4-8H2,1-3H3. The van der Waals surface area contributed by atoms with Gasteiger partial charge in [-0.15, -0.1) is 0 Å². The smallest absolute Gasteiger partial charge is 0.140 e. The minimum Gasteiger partial charge on any atom is -0.307 e. The summed E-state index contributed by atoms with van der Waals surface area (Å²) in [6.45, 7) is 8.33. The minimum atomic E-state index is 0.554. The Morgan fingerprint density at radius 3 is 2.82 bits per heavy atom. The molecular weight excluding hydrogens is 280 g/mol. The molecule has 0 radical (unpaired) electrons. The van der Waals surface area contributed by atoms with E-state index in [-0.39, 0.29) is 0 Å². The topological polar surface area (TPSA) is 42.7 Å². The Kier molecular flexibility index (Phi) is 6.73. The highest BCUT2D eigenvalue weighted by atomic mass is 79.9. The lowest BCUT2D eigenvalue weighted by molar-refractivity contribution is 0.433. The van der Waals surface area contributed by atoms with Gasteiger partial charge in [-0.3, -0.25) is 0 Å². The fraction of sp³-hybridized carbons (Fsp3) is 0.833. The van der Waals surface area contributed by atoms with Crippen LogP contribution in [0.3, 0.4) is 0 Å². The summed E-state index contributed by atoms with van der Waals surface area (Å²) in [4.78, 5) is 4.31. The third-order valence-corrected chi connectivity index (χ3v) is 3.19. The van der Waals surface area contributed by atoms with E-state index in [1.807, 2.05) is 4.68 Å². The van der Waals surface area contributed by atoms with Gasteiger partial charge in [-0.1, -0.05) is 36.7 Å². The highest BCUT2D eigenvalue weighted by molar-refractivity contribution is 9.09. The fourth-order valence-electron chi connectivity index (χ4n) is 1.74. The van der Waals surface area contributed by atoms with E-state index < -0.39 is 0 Å². The lowest BCUT2D eigenvalue weighted by Crippen LogP contribution is -2.30. The number of nitrogens with one attached hydrogen (secondary N) is 1. The van der Waals surface area contributed by atoms with Gasteiger partial charge in [0.1, 0.15) is 12.2 Å². The maximum absolute atomic E-state index is 4.31. The second-order valence-corrected chi connectivity index (χ2v) is 5.51. The molecule has 0 spiro atoms. The minimum absolute atomic E-state index is 0.554. The summed E-state index contributed by atoms with van der Waals surface area (Å²) in [6, 6.07) is 0.554. The second-order valence-electron chi connectivity index (χ2n) is 4.72. The fourth-order valence-corrected chi connectivity index (χ4v) is 2.29. The van der Waals surface area contributed by atoms with Crippen LogP contribution in [0.2, 0.25) is 0 Å². The van der Waals surface area contributed by atoms with Crippen molar-refractivity contribution in [3.8, 4) is 0 Å². The Labute approximate surface area is 112 Å². The van der Waals surface area contributed by atoms with E-state index in [4.69, 9.17) is 0 Å². The second kappa shape index (κ2) is 7.82. The lowest BCUT2D eigenvalue weighted by atomic mass is 10.2. The van der Waals surface area contributed by atoms with Gasteiger partial charge in [0.15, 0.2) is 0 Å². The van der Waals surface area contributed by atoms with E-state index in [9.17, 15) is 0 Å². The molecule has 1 atom stereocenters. The number of nitrogens with zero attached hydrogens (tertiary/aromatic N) is 3. The largest absolute Gasteiger partial charge is 0.307 e. The van der Waals surface area contributed by atoms with Crippen LogP contribution in [0, 0.1) is 5.92 Å². The van der Waals surface area contributed by atoms with Crippen molar-refractivity contribution >= 4 is 15.9 Å². The zero-order valence-electron chi connectivity index (χ0n) is 11.0. The van der Waals surface area contributed by atoms with Gasteiger partial charge in [-0.2, -0.15) is 5.10 Å². The molecule has 0 saturated carbocycles. The van der Waals surface area contributed by atoms with Gasteiger partial charge >= 0.3 is 0 Å². The molecule has 17 heavy (non-hydrogen) atoms. The van der Waals surface area contributed by atoms with Gasteiger partial charge < -0.3 is 5.32 Å². The summed E-state index contributed by atoms with van der Waals surface area (Å²) in [5.41, 5.74) is 0. The third kappa shape index (κ3) is 5.17.